The molecule has 0 bridgehead atoms. The predicted molar refractivity (Wildman–Crippen MR) is 166 cm³/mol. The largest absolute Gasteiger partial charge is 0.756 e. The van der Waals surface area contributed by atoms with E-state index in [1.807, 2.05) is 0 Å². The Labute approximate surface area is 238 Å². The van der Waals surface area contributed by atoms with Gasteiger partial charge in [0, 0.05) is 7.26 Å². The van der Waals surface area contributed by atoms with Gasteiger partial charge in [-0.2, -0.15) is 0 Å². The Morgan fingerprint density at radius 3 is 1.55 bits per heavy atom. The van der Waals surface area contributed by atoms with Crippen LogP contribution in [0.1, 0.15) is 163 Å². The van der Waals surface area contributed by atoms with Crippen LogP contribution in [0, 0.1) is 5.92 Å². The molecule has 38 heavy (non-hydrogen) atoms. The van der Waals surface area contributed by atoms with E-state index < -0.39 is 15.1 Å². The number of hydrogen-bond donors (Lipinski definition) is 0. The first-order valence-electron chi connectivity index (χ1n) is 16.9. The molecule has 2 aliphatic carbocycles. The molecule has 2 aliphatic rings. The lowest BCUT2D eigenvalue weighted by atomic mass is 9.84. The van der Waals surface area contributed by atoms with Crippen LogP contribution in [0.5, 0.6) is 0 Å². The fraction of sp³-hybridized carbons (Fsp3) is 1.00. The number of unbranched alkanes of at least 4 members (excludes halogenated alkanes) is 7. The van der Waals surface area contributed by atoms with Gasteiger partial charge in [-0.25, -0.2) is 0 Å². The molecule has 0 N–H and O–H groups in total. The Morgan fingerprint density at radius 2 is 1.11 bits per heavy atom. The fourth-order valence-electron chi connectivity index (χ4n) is 7.37. The van der Waals surface area contributed by atoms with Gasteiger partial charge in [0.25, 0.3) is 7.82 Å². The summed E-state index contributed by atoms with van der Waals surface area (Å²) < 4.78 is 23.9. The first-order chi connectivity index (χ1) is 18.4. The molecule has 0 aromatic heterocycles. The molecule has 0 spiro atoms. The minimum Gasteiger partial charge on any atom is -0.756 e. The second-order valence-corrected chi connectivity index (χ2v) is 18.4. The van der Waals surface area contributed by atoms with Crippen molar-refractivity contribution in [2.24, 2.45) is 5.92 Å². The smallest absolute Gasteiger partial charge is 0.268 e. The van der Waals surface area contributed by atoms with Crippen LogP contribution in [-0.4, -0.2) is 36.4 Å². The Morgan fingerprint density at radius 1 is 0.658 bits per heavy atom. The normalized spacial score (nSPS) is 23.8. The van der Waals surface area contributed by atoms with Gasteiger partial charge in [-0.15, -0.1) is 0 Å². The van der Waals surface area contributed by atoms with Gasteiger partial charge in [-0.3, -0.25) is 4.57 Å². The molecular weight excluding hydrogens is 510 g/mol. The van der Waals surface area contributed by atoms with Crippen LogP contribution in [0.3, 0.4) is 0 Å². The van der Waals surface area contributed by atoms with Crippen LogP contribution >= 0.6 is 15.1 Å². The van der Waals surface area contributed by atoms with E-state index in [2.05, 4.69) is 27.7 Å². The van der Waals surface area contributed by atoms with E-state index in [0.29, 0.717) is 0 Å². The molecule has 4 nitrogen and oxygen atoms in total. The molecule has 0 saturated heterocycles. The third-order valence-corrected chi connectivity index (χ3v) is 16.4. The highest BCUT2D eigenvalue weighted by Gasteiger charge is 2.48. The summed E-state index contributed by atoms with van der Waals surface area (Å²) in [5.41, 5.74) is 0.881. The third kappa shape index (κ3) is 12.6. The maximum absolute atomic E-state index is 12.7. The average molecular weight is 575 g/mol. The van der Waals surface area contributed by atoms with E-state index in [9.17, 15) is 9.46 Å². The molecule has 0 aliphatic heterocycles. The average Bonchev–Trinajstić information content (AvgIpc) is 2.90. The molecule has 2 rings (SSSR count). The quantitative estimate of drug-likeness (QED) is 0.101. The molecule has 0 aromatic carbocycles. The zero-order chi connectivity index (χ0) is 27.7. The van der Waals surface area contributed by atoms with Gasteiger partial charge in [0.1, 0.15) is 0 Å². The molecule has 226 valence electrons. The third-order valence-electron chi connectivity index (χ3n) is 9.55. The highest BCUT2D eigenvalue weighted by molar-refractivity contribution is 7.76. The molecule has 0 radical (unpaired) electrons. The van der Waals surface area contributed by atoms with E-state index in [-0.39, 0.29) is 12.2 Å². The lowest BCUT2D eigenvalue weighted by molar-refractivity contribution is -0.235. The highest BCUT2D eigenvalue weighted by Crippen LogP contribution is 2.69. The summed E-state index contributed by atoms with van der Waals surface area (Å²) in [6.07, 6.45) is 29.6. The van der Waals surface area contributed by atoms with Gasteiger partial charge in [-0.1, -0.05) is 91.9 Å². The Bertz CT molecular complexity index is 602. The summed E-state index contributed by atoms with van der Waals surface area (Å²) in [7, 11) is -5.28. The summed E-state index contributed by atoms with van der Waals surface area (Å²) in [4.78, 5) is 12.7. The zero-order valence-corrected chi connectivity index (χ0v) is 27.6. The van der Waals surface area contributed by atoms with Gasteiger partial charge in [0.2, 0.25) is 0 Å². The summed E-state index contributed by atoms with van der Waals surface area (Å²) in [6.45, 7) is 9.38. The van der Waals surface area contributed by atoms with Gasteiger partial charge in [-0.05, 0) is 76.5 Å². The molecular formula is C32H64O4P2. The van der Waals surface area contributed by atoms with Crippen molar-refractivity contribution in [2.45, 2.75) is 180 Å². The maximum Gasteiger partial charge on any atom is 0.268 e. The van der Waals surface area contributed by atoms with Crippen LogP contribution in [-0.2, 0) is 13.6 Å². The van der Waals surface area contributed by atoms with Crippen molar-refractivity contribution >= 4 is 15.1 Å². The van der Waals surface area contributed by atoms with Crippen LogP contribution in [0.2, 0.25) is 0 Å². The van der Waals surface area contributed by atoms with Gasteiger partial charge < -0.3 is 13.9 Å². The minimum absolute atomic E-state index is 0.165. The molecule has 2 saturated carbocycles. The van der Waals surface area contributed by atoms with Crippen molar-refractivity contribution in [2.75, 3.05) is 18.5 Å². The number of hydrogen-bond acceptors (Lipinski definition) is 4. The first-order valence-corrected chi connectivity index (χ1v) is 20.8. The van der Waals surface area contributed by atoms with Crippen molar-refractivity contribution in [1.29, 1.82) is 0 Å². The van der Waals surface area contributed by atoms with Crippen LogP contribution in [0.4, 0.5) is 0 Å². The minimum atomic E-state index is -4.22. The summed E-state index contributed by atoms with van der Waals surface area (Å²) in [5, 5.41) is 0. The monoisotopic (exact) mass is 574 g/mol. The topological polar surface area (TPSA) is 58.6 Å². The summed E-state index contributed by atoms with van der Waals surface area (Å²) >= 11 is 0. The van der Waals surface area contributed by atoms with E-state index in [4.69, 9.17) is 9.05 Å². The number of rotatable bonds is 21. The standard InChI is InChI=1S/C32H64O4P2/c1-5-9-16-26-37(27-17-10-6-2,28-18-11-7-3)32(21-12-8-4)29-22-24-31(25-23-29)36-38(33,34)35-30-19-14-13-15-20-30/h29-32H,5-28H2,1-4H3. The molecule has 2 atom stereocenters. The van der Waals surface area contributed by atoms with Crippen molar-refractivity contribution in [3.05, 3.63) is 0 Å². The van der Waals surface area contributed by atoms with Crippen LogP contribution in [0.15, 0.2) is 0 Å². The lowest BCUT2D eigenvalue weighted by Gasteiger charge is -2.43. The second-order valence-electron chi connectivity index (χ2n) is 12.7. The van der Waals surface area contributed by atoms with E-state index in [0.717, 1.165) is 62.9 Å². The molecule has 6 heteroatoms. The van der Waals surface area contributed by atoms with E-state index in [1.54, 1.807) is 0 Å². The molecule has 2 unspecified atom stereocenters. The first kappa shape index (κ1) is 34.7. The lowest BCUT2D eigenvalue weighted by Crippen LogP contribution is -2.34. The number of phosphoric ester groups is 1. The summed E-state index contributed by atoms with van der Waals surface area (Å²) in [5.74, 6) is 0.755. The van der Waals surface area contributed by atoms with Gasteiger partial charge in [0.05, 0.1) is 36.4 Å². The summed E-state index contributed by atoms with van der Waals surface area (Å²) in [6, 6.07) is 0. The molecule has 0 aromatic rings. The van der Waals surface area contributed by atoms with Crippen LogP contribution in [0.25, 0.3) is 0 Å². The van der Waals surface area contributed by atoms with Crippen molar-refractivity contribution < 1.29 is 18.5 Å². The molecule has 0 amide bonds. The number of phosphoric acid groups is 1. The van der Waals surface area contributed by atoms with Crippen molar-refractivity contribution in [3.63, 3.8) is 0 Å². The maximum atomic E-state index is 12.7. The van der Waals surface area contributed by atoms with Gasteiger partial charge >= 0.3 is 0 Å². The Hall–Kier alpha value is 0.540. The van der Waals surface area contributed by atoms with Crippen molar-refractivity contribution in [3.8, 4) is 0 Å². The van der Waals surface area contributed by atoms with Gasteiger partial charge in [0.15, 0.2) is 0 Å². The van der Waals surface area contributed by atoms with Crippen LogP contribution < -0.4 is 4.89 Å². The highest BCUT2D eigenvalue weighted by atomic mass is 31.2. The van der Waals surface area contributed by atoms with E-state index in [1.165, 1.54) is 102 Å². The molecule has 0 heterocycles. The Kier molecular flexibility index (Phi) is 17.9. The zero-order valence-electron chi connectivity index (χ0n) is 25.8. The fourth-order valence-corrected chi connectivity index (χ4v) is 14.7. The predicted octanol–water partition coefficient (Wildman–Crippen LogP) is 10.5. The van der Waals surface area contributed by atoms with Crippen molar-refractivity contribution in [1.82, 2.24) is 0 Å². The Balaban J connectivity index is 2.11. The SMILES string of the molecule is CCCCC[P+](CCCCC)(CCCCC)C(CCCC)C1CCC(OP(=O)([O-])OC2CCCCC2)CC1. The molecule has 2 fully saturated rings. The van der Waals surface area contributed by atoms with E-state index >= 15 is 0 Å². The second kappa shape index (κ2) is 19.6.